The minimum atomic E-state index is -4.79. The fourth-order valence-corrected chi connectivity index (χ4v) is 5.44. The number of hydrogen-bond donors (Lipinski definition) is 3. The van der Waals surface area contributed by atoms with Crippen LogP contribution in [0.15, 0.2) is 34.9 Å². The Morgan fingerprint density at radius 1 is 1.28 bits per heavy atom. The van der Waals surface area contributed by atoms with E-state index in [1.807, 2.05) is 0 Å². The largest absolute Gasteiger partial charge is 0.431 e. The number of halogens is 3. The third kappa shape index (κ3) is 3.77. The van der Waals surface area contributed by atoms with Crippen molar-refractivity contribution in [3.05, 3.63) is 35.5 Å². The van der Waals surface area contributed by atoms with E-state index in [-0.39, 0.29) is 11.3 Å². The van der Waals surface area contributed by atoms with Crippen molar-refractivity contribution >= 4 is 33.6 Å². The van der Waals surface area contributed by atoms with Gasteiger partial charge in [0.1, 0.15) is 11.7 Å². The summed E-state index contributed by atoms with van der Waals surface area (Å²) in [5.74, 6) is -0.949. The Kier molecular flexibility index (Phi) is 5.28. The van der Waals surface area contributed by atoms with Gasteiger partial charge in [-0.25, -0.2) is 8.42 Å². The molecule has 0 saturated carbocycles. The first-order valence-electron chi connectivity index (χ1n) is 8.00. The highest BCUT2D eigenvalue weighted by atomic mass is 32.3. The Morgan fingerprint density at radius 3 is 2.41 bits per heavy atom. The maximum Gasteiger partial charge on any atom is 0.431 e. The molecular formula is C15H17F3N4O5S2. The molecule has 0 bridgehead atoms. The highest BCUT2D eigenvalue weighted by Crippen LogP contribution is 2.47. The van der Waals surface area contributed by atoms with Crippen molar-refractivity contribution in [1.29, 1.82) is 0 Å². The number of aliphatic hydroxyl groups excluding tert-OH is 2. The molecular weight excluding hydrogens is 437 g/mol. The number of aliphatic hydroxyl groups is 2. The molecule has 0 aromatic heterocycles. The van der Waals surface area contributed by atoms with Crippen molar-refractivity contribution in [2.75, 3.05) is 18.2 Å². The lowest BCUT2D eigenvalue weighted by atomic mass is 10.1. The van der Waals surface area contributed by atoms with Crippen LogP contribution < -0.4 is 10.6 Å². The Bertz CT molecular complexity index is 985. The summed E-state index contributed by atoms with van der Waals surface area (Å²) < 4.78 is 64.0. The number of rotatable bonds is 3. The van der Waals surface area contributed by atoms with Gasteiger partial charge in [0.2, 0.25) is 22.3 Å². The zero-order valence-electron chi connectivity index (χ0n) is 15.0. The Balaban J connectivity index is 2.05. The number of benzene rings is 1. The van der Waals surface area contributed by atoms with Crippen molar-refractivity contribution < 1.29 is 36.6 Å². The third-order valence-electron chi connectivity index (χ3n) is 4.44. The lowest BCUT2D eigenvalue weighted by Crippen LogP contribution is -2.56. The van der Waals surface area contributed by atoms with Crippen molar-refractivity contribution in [3.63, 3.8) is 0 Å². The van der Waals surface area contributed by atoms with Crippen molar-refractivity contribution in [2.45, 2.75) is 29.7 Å². The van der Waals surface area contributed by atoms with Crippen LogP contribution in [0.4, 0.5) is 18.9 Å². The molecule has 160 valence electrons. The van der Waals surface area contributed by atoms with Gasteiger partial charge in [-0.15, -0.1) is 3.71 Å². The molecule has 3 atom stereocenters. The molecule has 1 aromatic carbocycles. The summed E-state index contributed by atoms with van der Waals surface area (Å²) in [5.41, 5.74) is 4.40. The van der Waals surface area contributed by atoms with Crippen LogP contribution in [0, 0.1) is 0 Å². The quantitative estimate of drug-likeness (QED) is 0.556. The number of allylic oxidation sites excluding steroid dienone is 1. The molecule has 2 heterocycles. The van der Waals surface area contributed by atoms with Gasteiger partial charge in [0.05, 0.1) is 6.26 Å². The fraction of sp³-hybridized carbons (Fsp3) is 0.400. The Morgan fingerprint density at radius 2 is 1.90 bits per heavy atom. The standard InChI is InChI=1S/C15H17F3N4O5S2/c1-20-10(15(16,17)18)6-11(23)21(14(20)25)7-3-4-9-8(5-7)12(13(19)24)22(28-9)29(2,26)27/h3-6,11-12,14,23,25H,1-2H3,(H2,19,24). The zero-order valence-corrected chi connectivity index (χ0v) is 16.7. The highest BCUT2D eigenvalue weighted by Gasteiger charge is 2.45. The number of anilines is 1. The second kappa shape index (κ2) is 7.05. The van der Waals surface area contributed by atoms with Crippen LogP contribution in [0.2, 0.25) is 0 Å². The van der Waals surface area contributed by atoms with Crippen molar-refractivity contribution in [1.82, 2.24) is 8.61 Å². The molecule has 2 aliphatic heterocycles. The van der Waals surface area contributed by atoms with E-state index < -0.39 is 46.4 Å². The number of fused-ring (bicyclic) bond motifs is 1. The van der Waals surface area contributed by atoms with Crippen LogP contribution in [-0.2, 0) is 14.8 Å². The van der Waals surface area contributed by atoms with E-state index in [1.54, 1.807) is 0 Å². The topological polar surface area (TPSA) is 127 Å². The second-order valence-corrected chi connectivity index (χ2v) is 9.57. The molecule has 4 N–H and O–H groups in total. The predicted octanol–water partition coefficient (Wildman–Crippen LogP) is 0.288. The van der Waals surface area contributed by atoms with Gasteiger partial charge in [-0.1, -0.05) is 0 Å². The molecule has 0 spiro atoms. The average molecular weight is 454 g/mol. The third-order valence-corrected chi connectivity index (χ3v) is 7.30. The van der Waals surface area contributed by atoms with Gasteiger partial charge in [0, 0.05) is 17.6 Å². The van der Waals surface area contributed by atoms with Gasteiger partial charge < -0.3 is 20.8 Å². The van der Waals surface area contributed by atoms with Gasteiger partial charge in [-0.2, -0.15) is 13.2 Å². The van der Waals surface area contributed by atoms with Crippen LogP contribution in [-0.4, -0.2) is 65.2 Å². The van der Waals surface area contributed by atoms with E-state index in [9.17, 15) is 36.6 Å². The van der Waals surface area contributed by atoms with Crippen LogP contribution in [0.3, 0.4) is 0 Å². The summed E-state index contributed by atoms with van der Waals surface area (Å²) >= 11 is 0.771. The van der Waals surface area contributed by atoms with Gasteiger partial charge in [-0.3, -0.25) is 9.69 Å². The van der Waals surface area contributed by atoms with E-state index in [1.165, 1.54) is 18.2 Å². The first kappa shape index (κ1) is 21.7. The Hall–Kier alpha value is -2.00. The zero-order chi connectivity index (χ0) is 21.9. The molecule has 14 heteroatoms. The minimum Gasteiger partial charge on any atom is -0.370 e. The number of nitrogens with two attached hydrogens (primary N) is 1. The fourth-order valence-electron chi connectivity index (χ4n) is 3.14. The molecule has 0 fully saturated rings. The monoisotopic (exact) mass is 454 g/mol. The molecule has 3 unspecified atom stereocenters. The summed E-state index contributed by atoms with van der Waals surface area (Å²) in [6.07, 6.45) is -7.06. The lowest BCUT2D eigenvalue weighted by Gasteiger charge is -2.43. The summed E-state index contributed by atoms with van der Waals surface area (Å²) in [7, 11) is -2.81. The smallest absolute Gasteiger partial charge is 0.370 e. The normalized spacial score (nSPS) is 25.8. The number of primary amides is 1. The summed E-state index contributed by atoms with van der Waals surface area (Å²) in [6, 6.07) is 2.76. The summed E-state index contributed by atoms with van der Waals surface area (Å²) in [5, 5.41) is 20.6. The highest BCUT2D eigenvalue weighted by molar-refractivity contribution is 8.08. The molecule has 0 saturated heterocycles. The van der Waals surface area contributed by atoms with Gasteiger partial charge >= 0.3 is 6.18 Å². The number of sulfonamides is 1. The van der Waals surface area contributed by atoms with E-state index in [4.69, 9.17) is 5.73 Å². The summed E-state index contributed by atoms with van der Waals surface area (Å²) in [6.45, 7) is 0. The number of carbonyl (C=O) groups excluding carboxylic acids is 1. The Labute approximate surface area is 168 Å². The molecule has 29 heavy (non-hydrogen) atoms. The summed E-state index contributed by atoms with van der Waals surface area (Å²) in [4.78, 5) is 13.7. The molecule has 1 aromatic rings. The number of nitrogens with zero attached hydrogens (tertiary/aromatic N) is 3. The maximum absolute atomic E-state index is 13.1. The van der Waals surface area contributed by atoms with Crippen LogP contribution in [0.25, 0.3) is 0 Å². The van der Waals surface area contributed by atoms with Crippen LogP contribution in [0.1, 0.15) is 11.6 Å². The van der Waals surface area contributed by atoms with E-state index in [2.05, 4.69) is 0 Å². The van der Waals surface area contributed by atoms with Gasteiger partial charge in [0.25, 0.3) is 0 Å². The SMILES string of the molecule is CN1C(C(F)(F)F)=CC(O)N(c2ccc3c(c2)C(C(N)=O)N(S(C)(=O)=O)S3)C1O. The molecule has 0 aliphatic carbocycles. The first-order chi connectivity index (χ1) is 13.2. The minimum absolute atomic E-state index is 0.0651. The second-order valence-electron chi connectivity index (χ2n) is 6.46. The van der Waals surface area contributed by atoms with Gasteiger partial charge in [-0.05, 0) is 41.8 Å². The van der Waals surface area contributed by atoms with E-state index in [0.717, 1.165) is 33.9 Å². The molecule has 9 nitrogen and oxygen atoms in total. The molecule has 0 radical (unpaired) electrons. The maximum atomic E-state index is 13.1. The van der Waals surface area contributed by atoms with Gasteiger partial charge in [0.15, 0.2) is 6.23 Å². The van der Waals surface area contributed by atoms with Crippen LogP contribution >= 0.6 is 11.9 Å². The first-order valence-corrected chi connectivity index (χ1v) is 10.6. The number of carbonyl (C=O) groups is 1. The number of alkyl halides is 3. The van der Waals surface area contributed by atoms with E-state index >= 15 is 0 Å². The molecule has 3 rings (SSSR count). The number of hydrogen-bond acceptors (Lipinski definition) is 8. The predicted molar refractivity (Wildman–Crippen MR) is 97.3 cm³/mol. The van der Waals surface area contributed by atoms with E-state index in [0.29, 0.717) is 15.9 Å². The van der Waals surface area contributed by atoms with Crippen molar-refractivity contribution in [2.24, 2.45) is 5.73 Å². The van der Waals surface area contributed by atoms with Crippen LogP contribution in [0.5, 0.6) is 0 Å². The molecule has 1 amide bonds. The average Bonchev–Trinajstić information content (AvgIpc) is 2.96. The molecule has 2 aliphatic rings. The lowest BCUT2D eigenvalue weighted by molar-refractivity contribution is -0.133. The number of amides is 1. The van der Waals surface area contributed by atoms with Crippen molar-refractivity contribution in [3.8, 4) is 0 Å².